The van der Waals surface area contributed by atoms with Crippen molar-refractivity contribution in [2.24, 2.45) is 0 Å². The predicted molar refractivity (Wildman–Crippen MR) is 120 cm³/mol. The molecule has 1 aromatic heterocycles. The van der Waals surface area contributed by atoms with E-state index in [1.807, 2.05) is 36.4 Å². The molecular formula is C23H19N3O5S. The molecule has 9 heteroatoms. The Morgan fingerprint density at radius 1 is 1.09 bits per heavy atom. The van der Waals surface area contributed by atoms with E-state index in [0.717, 1.165) is 11.8 Å². The molecular weight excluding hydrogens is 430 g/mol. The smallest absolute Gasteiger partial charge is 0.343 e. The van der Waals surface area contributed by atoms with Crippen molar-refractivity contribution in [2.45, 2.75) is 11.9 Å². The van der Waals surface area contributed by atoms with Gasteiger partial charge in [-0.2, -0.15) is 5.26 Å². The summed E-state index contributed by atoms with van der Waals surface area (Å²) in [5.41, 5.74) is -0.287. The summed E-state index contributed by atoms with van der Waals surface area (Å²) < 4.78 is 10.5. The lowest BCUT2D eigenvalue weighted by molar-refractivity contribution is -0.113. The molecule has 0 saturated heterocycles. The van der Waals surface area contributed by atoms with E-state index in [1.165, 1.54) is 6.07 Å². The van der Waals surface area contributed by atoms with Crippen molar-refractivity contribution in [3.63, 3.8) is 0 Å². The average molecular weight is 449 g/mol. The number of para-hydroxylation sites is 1. The quantitative estimate of drug-likeness (QED) is 0.394. The third-order valence-electron chi connectivity index (χ3n) is 4.09. The van der Waals surface area contributed by atoms with Crippen LogP contribution in [0.4, 0.5) is 5.69 Å². The highest BCUT2D eigenvalue weighted by molar-refractivity contribution is 8.00. The molecule has 0 aliphatic heterocycles. The second-order valence-electron chi connectivity index (χ2n) is 6.36. The van der Waals surface area contributed by atoms with Gasteiger partial charge in [-0.05, 0) is 49.4 Å². The summed E-state index contributed by atoms with van der Waals surface area (Å²) in [5, 5.41) is 12.3. The second kappa shape index (κ2) is 10.8. The topological polar surface area (TPSA) is 121 Å². The number of pyridine rings is 1. The first kappa shape index (κ1) is 22.7. The molecule has 0 aliphatic rings. The maximum atomic E-state index is 12.3. The molecule has 0 spiro atoms. The largest absolute Gasteiger partial charge is 0.462 e. The van der Waals surface area contributed by atoms with Crippen molar-refractivity contribution in [3.05, 3.63) is 82.1 Å². The maximum Gasteiger partial charge on any atom is 0.343 e. The Bertz CT molecular complexity index is 1200. The number of anilines is 1. The molecule has 0 fully saturated rings. The molecule has 162 valence electrons. The molecule has 2 N–H and O–H groups in total. The zero-order valence-electron chi connectivity index (χ0n) is 17.1. The van der Waals surface area contributed by atoms with E-state index in [4.69, 9.17) is 9.47 Å². The first-order valence-corrected chi connectivity index (χ1v) is 10.6. The minimum Gasteiger partial charge on any atom is -0.462 e. The SMILES string of the molecule is CCOC(=O)c1cc(C#N)c(SCC(=O)Nc2ccc(Oc3ccccc3)cc2)[nH]c1=O. The number of nitriles is 1. The van der Waals surface area contributed by atoms with Gasteiger partial charge in [-0.25, -0.2) is 4.79 Å². The van der Waals surface area contributed by atoms with Crippen LogP contribution in [0, 0.1) is 11.3 Å². The number of rotatable bonds is 8. The molecule has 0 bridgehead atoms. The number of aromatic amines is 1. The van der Waals surface area contributed by atoms with E-state index in [0.29, 0.717) is 17.2 Å². The van der Waals surface area contributed by atoms with Crippen LogP contribution in [0.5, 0.6) is 11.5 Å². The molecule has 0 saturated carbocycles. The number of thioether (sulfide) groups is 1. The lowest BCUT2D eigenvalue weighted by atomic mass is 10.2. The van der Waals surface area contributed by atoms with Crippen LogP contribution in [0.25, 0.3) is 0 Å². The summed E-state index contributed by atoms with van der Waals surface area (Å²) in [6.45, 7) is 1.72. The number of esters is 1. The summed E-state index contributed by atoms with van der Waals surface area (Å²) in [6, 6.07) is 19.3. The summed E-state index contributed by atoms with van der Waals surface area (Å²) in [7, 11) is 0. The minimum absolute atomic E-state index is 0.0500. The van der Waals surface area contributed by atoms with Crippen molar-refractivity contribution < 1.29 is 19.1 Å². The summed E-state index contributed by atoms with van der Waals surface area (Å²) in [4.78, 5) is 38.7. The van der Waals surface area contributed by atoms with E-state index in [1.54, 1.807) is 31.2 Å². The molecule has 0 radical (unpaired) electrons. The van der Waals surface area contributed by atoms with Gasteiger partial charge in [0.25, 0.3) is 5.56 Å². The highest BCUT2D eigenvalue weighted by Gasteiger charge is 2.17. The average Bonchev–Trinajstić information content (AvgIpc) is 2.80. The van der Waals surface area contributed by atoms with Crippen LogP contribution in [0.15, 0.2) is 70.5 Å². The molecule has 8 nitrogen and oxygen atoms in total. The molecule has 0 aliphatic carbocycles. The number of hydrogen-bond acceptors (Lipinski definition) is 7. The van der Waals surface area contributed by atoms with Gasteiger partial charge in [0.05, 0.1) is 22.9 Å². The summed E-state index contributed by atoms with van der Waals surface area (Å²) in [6.07, 6.45) is 0. The van der Waals surface area contributed by atoms with Crippen molar-refractivity contribution in [3.8, 4) is 17.6 Å². The van der Waals surface area contributed by atoms with Crippen LogP contribution in [-0.2, 0) is 9.53 Å². The zero-order valence-corrected chi connectivity index (χ0v) is 17.9. The Balaban J connectivity index is 1.60. The van der Waals surface area contributed by atoms with Gasteiger partial charge in [0.2, 0.25) is 5.91 Å². The van der Waals surface area contributed by atoms with Crippen LogP contribution in [0.3, 0.4) is 0 Å². The Labute approximate surface area is 188 Å². The number of nitrogens with zero attached hydrogens (tertiary/aromatic N) is 1. The van der Waals surface area contributed by atoms with Gasteiger partial charge in [-0.3, -0.25) is 9.59 Å². The second-order valence-corrected chi connectivity index (χ2v) is 7.35. The number of amides is 1. The first-order chi connectivity index (χ1) is 15.5. The predicted octanol–water partition coefficient (Wildman–Crippen LogP) is 3.95. The Morgan fingerprint density at radius 3 is 2.44 bits per heavy atom. The Morgan fingerprint density at radius 2 is 1.78 bits per heavy atom. The van der Waals surface area contributed by atoms with E-state index in [-0.39, 0.29) is 34.4 Å². The van der Waals surface area contributed by atoms with Crippen LogP contribution in [0.2, 0.25) is 0 Å². The van der Waals surface area contributed by atoms with E-state index < -0.39 is 11.5 Å². The fourth-order valence-electron chi connectivity index (χ4n) is 2.64. The van der Waals surface area contributed by atoms with Gasteiger partial charge in [0.1, 0.15) is 23.1 Å². The van der Waals surface area contributed by atoms with Gasteiger partial charge in [0.15, 0.2) is 0 Å². The standard InChI is InChI=1S/C23H19N3O5S/c1-2-30-23(29)19-12-15(13-24)22(26-21(19)28)32-14-20(27)25-16-8-10-18(11-9-16)31-17-6-4-3-5-7-17/h3-12H,2,14H2,1H3,(H,25,27)(H,26,28). The first-order valence-electron chi connectivity index (χ1n) is 9.60. The molecule has 3 rings (SSSR count). The van der Waals surface area contributed by atoms with Crippen molar-refractivity contribution in [2.75, 3.05) is 17.7 Å². The normalized spacial score (nSPS) is 10.1. The number of aromatic nitrogens is 1. The monoisotopic (exact) mass is 449 g/mol. The molecule has 0 unspecified atom stereocenters. The van der Waals surface area contributed by atoms with Crippen LogP contribution in [-0.4, -0.2) is 29.2 Å². The van der Waals surface area contributed by atoms with E-state index in [9.17, 15) is 19.6 Å². The Kier molecular flexibility index (Phi) is 7.67. The van der Waals surface area contributed by atoms with E-state index >= 15 is 0 Å². The van der Waals surface area contributed by atoms with Gasteiger partial charge in [0, 0.05) is 5.69 Å². The number of carbonyl (C=O) groups excluding carboxylic acids is 2. The maximum absolute atomic E-state index is 12.3. The summed E-state index contributed by atoms with van der Waals surface area (Å²) in [5.74, 6) is 0.148. The third-order valence-corrected chi connectivity index (χ3v) is 5.10. The zero-order chi connectivity index (χ0) is 22.9. The van der Waals surface area contributed by atoms with Crippen molar-refractivity contribution >= 4 is 29.3 Å². The summed E-state index contributed by atoms with van der Waals surface area (Å²) >= 11 is 0.985. The van der Waals surface area contributed by atoms with Crippen LogP contribution >= 0.6 is 11.8 Å². The molecule has 0 atom stereocenters. The third kappa shape index (κ3) is 6.00. The van der Waals surface area contributed by atoms with Crippen molar-refractivity contribution in [1.29, 1.82) is 5.26 Å². The van der Waals surface area contributed by atoms with Gasteiger partial charge in [-0.15, -0.1) is 0 Å². The van der Waals surface area contributed by atoms with Crippen LogP contribution < -0.4 is 15.6 Å². The van der Waals surface area contributed by atoms with Crippen LogP contribution in [0.1, 0.15) is 22.8 Å². The van der Waals surface area contributed by atoms with Gasteiger partial charge in [-0.1, -0.05) is 30.0 Å². The number of H-pyrrole nitrogens is 1. The van der Waals surface area contributed by atoms with E-state index in [2.05, 4.69) is 10.3 Å². The molecule has 3 aromatic rings. The Hall–Kier alpha value is -4.03. The molecule has 2 aromatic carbocycles. The fraction of sp³-hybridized carbons (Fsp3) is 0.130. The molecule has 32 heavy (non-hydrogen) atoms. The lowest BCUT2D eigenvalue weighted by Gasteiger charge is -2.09. The lowest BCUT2D eigenvalue weighted by Crippen LogP contribution is -2.21. The van der Waals surface area contributed by atoms with Gasteiger partial charge < -0.3 is 19.8 Å². The minimum atomic E-state index is -0.806. The van der Waals surface area contributed by atoms with Gasteiger partial charge >= 0.3 is 5.97 Å². The fourth-order valence-corrected chi connectivity index (χ4v) is 3.41. The number of hydrogen-bond donors (Lipinski definition) is 2. The number of carbonyl (C=O) groups is 2. The number of benzene rings is 2. The highest BCUT2D eigenvalue weighted by atomic mass is 32.2. The molecule has 1 heterocycles. The van der Waals surface area contributed by atoms with Crippen molar-refractivity contribution in [1.82, 2.24) is 4.98 Å². The molecule has 1 amide bonds. The number of nitrogens with one attached hydrogen (secondary N) is 2. The highest BCUT2D eigenvalue weighted by Crippen LogP contribution is 2.23. The number of ether oxygens (including phenoxy) is 2.